The third-order valence-corrected chi connectivity index (χ3v) is 4.33. The molecule has 0 radical (unpaired) electrons. The minimum Gasteiger partial charge on any atom is -0.486 e. The fourth-order valence-electron chi connectivity index (χ4n) is 3.27. The Kier molecular flexibility index (Phi) is 4.64. The van der Waals surface area contributed by atoms with Gasteiger partial charge in [0.1, 0.15) is 13.2 Å². The third-order valence-electron chi connectivity index (χ3n) is 4.33. The molecule has 1 saturated heterocycles. The SMILES string of the molecule is CC(C)CN(C)C(=O)C1CC(=O)N(c2ccc3c(c2)OCCO3)C1. The van der Waals surface area contributed by atoms with E-state index in [1.165, 1.54) is 0 Å². The van der Waals surface area contributed by atoms with Gasteiger partial charge < -0.3 is 19.3 Å². The average Bonchev–Trinajstić information content (AvgIpc) is 2.94. The summed E-state index contributed by atoms with van der Waals surface area (Å²) >= 11 is 0. The highest BCUT2D eigenvalue weighted by Crippen LogP contribution is 2.36. The second kappa shape index (κ2) is 6.71. The van der Waals surface area contributed by atoms with Gasteiger partial charge in [0.2, 0.25) is 11.8 Å². The predicted molar refractivity (Wildman–Crippen MR) is 90.4 cm³/mol. The number of ether oxygens (including phenoxy) is 2. The maximum Gasteiger partial charge on any atom is 0.227 e. The largest absolute Gasteiger partial charge is 0.486 e. The van der Waals surface area contributed by atoms with Crippen LogP contribution in [0.2, 0.25) is 0 Å². The van der Waals surface area contributed by atoms with E-state index in [0.717, 1.165) is 5.69 Å². The van der Waals surface area contributed by atoms with Crippen molar-refractivity contribution in [3.8, 4) is 11.5 Å². The molecule has 130 valence electrons. The number of anilines is 1. The lowest BCUT2D eigenvalue weighted by atomic mass is 10.1. The smallest absolute Gasteiger partial charge is 0.227 e. The quantitative estimate of drug-likeness (QED) is 0.845. The normalized spacial score (nSPS) is 19.8. The molecule has 2 aliphatic rings. The Bertz CT molecular complexity index is 644. The molecule has 2 amide bonds. The van der Waals surface area contributed by atoms with Crippen LogP contribution in [0.1, 0.15) is 20.3 Å². The number of benzene rings is 1. The Morgan fingerprint density at radius 2 is 2.00 bits per heavy atom. The summed E-state index contributed by atoms with van der Waals surface area (Å²) in [6.07, 6.45) is 0.260. The maximum atomic E-state index is 12.5. The lowest BCUT2D eigenvalue weighted by molar-refractivity contribution is -0.135. The van der Waals surface area contributed by atoms with Crippen LogP contribution in [0, 0.1) is 11.8 Å². The van der Waals surface area contributed by atoms with Gasteiger partial charge >= 0.3 is 0 Å². The first kappa shape index (κ1) is 16.6. The highest BCUT2D eigenvalue weighted by Gasteiger charge is 2.36. The third kappa shape index (κ3) is 3.32. The highest BCUT2D eigenvalue weighted by molar-refractivity contribution is 6.00. The molecule has 0 aromatic heterocycles. The molecule has 2 heterocycles. The number of fused-ring (bicyclic) bond motifs is 1. The number of rotatable bonds is 4. The van der Waals surface area contributed by atoms with E-state index < -0.39 is 0 Å². The summed E-state index contributed by atoms with van der Waals surface area (Å²) < 4.78 is 11.1. The highest BCUT2D eigenvalue weighted by atomic mass is 16.6. The molecule has 1 aromatic rings. The van der Waals surface area contributed by atoms with Crippen LogP contribution in [0.15, 0.2) is 18.2 Å². The molecule has 1 atom stereocenters. The molecular weight excluding hydrogens is 308 g/mol. The van der Waals surface area contributed by atoms with Crippen molar-refractivity contribution in [1.82, 2.24) is 4.90 Å². The van der Waals surface area contributed by atoms with Crippen LogP contribution in [-0.4, -0.2) is 50.1 Å². The second-order valence-corrected chi connectivity index (χ2v) is 6.85. The zero-order chi connectivity index (χ0) is 17.3. The van der Waals surface area contributed by atoms with E-state index in [1.807, 2.05) is 18.2 Å². The first-order valence-electron chi connectivity index (χ1n) is 8.40. The van der Waals surface area contributed by atoms with Crippen molar-refractivity contribution in [2.75, 3.05) is 38.3 Å². The molecule has 1 unspecified atom stereocenters. The average molecular weight is 332 g/mol. The molecule has 1 fully saturated rings. The van der Waals surface area contributed by atoms with Gasteiger partial charge in [0, 0.05) is 38.3 Å². The zero-order valence-corrected chi connectivity index (χ0v) is 14.4. The molecule has 0 aliphatic carbocycles. The van der Waals surface area contributed by atoms with Gasteiger partial charge in [0.15, 0.2) is 11.5 Å². The van der Waals surface area contributed by atoms with Gasteiger partial charge in [0.05, 0.1) is 5.92 Å². The van der Waals surface area contributed by atoms with E-state index in [-0.39, 0.29) is 24.2 Å². The first-order valence-corrected chi connectivity index (χ1v) is 8.40. The van der Waals surface area contributed by atoms with Crippen LogP contribution >= 0.6 is 0 Å². The molecule has 0 N–H and O–H groups in total. The maximum absolute atomic E-state index is 12.5. The minimum atomic E-state index is -0.283. The predicted octanol–water partition coefficient (Wildman–Crippen LogP) is 1.93. The van der Waals surface area contributed by atoms with Gasteiger partial charge in [-0.2, -0.15) is 0 Å². The van der Waals surface area contributed by atoms with E-state index in [2.05, 4.69) is 13.8 Å². The Labute approximate surface area is 142 Å². The number of hydrogen-bond donors (Lipinski definition) is 0. The van der Waals surface area contributed by atoms with E-state index in [1.54, 1.807) is 16.8 Å². The summed E-state index contributed by atoms with van der Waals surface area (Å²) in [5, 5.41) is 0. The van der Waals surface area contributed by atoms with Crippen molar-refractivity contribution in [3.63, 3.8) is 0 Å². The lowest BCUT2D eigenvalue weighted by Gasteiger charge is -2.24. The van der Waals surface area contributed by atoms with Crippen LogP contribution in [0.5, 0.6) is 11.5 Å². The lowest BCUT2D eigenvalue weighted by Crippen LogP contribution is -2.36. The molecule has 0 bridgehead atoms. The van der Waals surface area contributed by atoms with Crippen molar-refractivity contribution < 1.29 is 19.1 Å². The molecule has 3 rings (SSSR count). The Hall–Kier alpha value is -2.24. The number of amides is 2. The van der Waals surface area contributed by atoms with Crippen molar-refractivity contribution >= 4 is 17.5 Å². The molecule has 2 aliphatic heterocycles. The van der Waals surface area contributed by atoms with E-state index in [9.17, 15) is 9.59 Å². The molecular formula is C18H24N2O4. The first-order chi connectivity index (χ1) is 11.5. The standard InChI is InChI=1S/C18H24N2O4/c1-12(2)10-19(3)18(22)13-8-17(21)20(11-13)14-4-5-15-16(9-14)24-7-6-23-15/h4-5,9,12-13H,6-8,10-11H2,1-3H3. The van der Waals surface area contributed by atoms with Gasteiger partial charge in [0.25, 0.3) is 0 Å². The summed E-state index contributed by atoms with van der Waals surface area (Å²) in [5.74, 6) is 1.48. The Morgan fingerprint density at radius 3 is 2.71 bits per heavy atom. The summed E-state index contributed by atoms with van der Waals surface area (Å²) in [6, 6.07) is 5.48. The van der Waals surface area contributed by atoms with Gasteiger partial charge in [-0.05, 0) is 18.1 Å². The number of carbonyl (C=O) groups excluding carboxylic acids is 2. The fourth-order valence-corrected chi connectivity index (χ4v) is 3.27. The van der Waals surface area contributed by atoms with E-state index >= 15 is 0 Å². The minimum absolute atomic E-state index is 0.0250. The second-order valence-electron chi connectivity index (χ2n) is 6.85. The van der Waals surface area contributed by atoms with Crippen molar-refractivity contribution in [3.05, 3.63) is 18.2 Å². The monoisotopic (exact) mass is 332 g/mol. The topological polar surface area (TPSA) is 59.1 Å². The number of hydrogen-bond acceptors (Lipinski definition) is 4. The molecule has 6 heteroatoms. The van der Waals surface area contributed by atoms with Crippen molar-refractivity contribution in [2.45, 2.75) is 20.3 Å². The Morgan fingerprint density at radius 1 is 1.29 bits per heavy atom. The van der Waals surface area contributed by atoms with Crippen LogP contribution in [0.4, 0.5) is 5.69 Å². The summed E-state index contributed by atoms with van der Waals surface area (Å²) in [6.45, 7) is 6.31. The molecule has 0 spiro atoms. The summed E-state index contributed by atoms with van der Waals surface area (Å²) in [5.41, 5.74) is 0.756. The van der Waals surface area contributed by atoms with E-state index in [0.29, 0.717) is 43.7 Å². The van der Waals surface area contributed by atoms with Crippen LogP contribution in [0.25, 0.3) is 0 Å². The summed E-state index contributed by atoms with van der Waals surface area (Å²) in [4.78, 5) is 28.3. The zero-order valence-electron chi connectivity index (χ0n) is 14.4. The molecule has 1 aromatic carbocycles. The fraction of sp³-hybridized carbons (Fsp3) is 0.556. The van der Waals surface area contributed by atoms with Gasteiger partial charge in [-0.1, -0.05) is 13.8 Å². The van der Waals surface area contributed by atoms with Gasteiger partial charge in [-0.25, -0.2) is 0 Å². The molecule has 24 heavy (non-hydrogen) atoms. The van der Waals surface area contributed by atoms with Gasteiger partial charge in [-0.3, -0.25) is 9.59 Å². The Balaban J connectivity index is 1.72. The van der Waals surface area contributed by atoms with Crippen molar-refractivity contribution in [1.29, 1.82) is 0 Å². The molecule has 6 nitrogen and oxygen atoms in total. The van der Waals surface area contributed by atoms with Crippen molar-refractivity contribution in [2.24, 2.45) is 11.8 Å². The van der Waals surface area contributed by atoms with Crippen LogP contribution in [-0.2, 0) is 9.59 Å². The summed E-state index contributed by atoms with van der Waals surface area (Å²) in [7, 11) is 1.81. The van der Waals surface area contributed by atoms with Gasteiger partial charge in [-0.15, -0.1) is 0 Å². The molecule has 0 saturated carbocycles. The van der Waals surface area contributed by atoms with Crippen LogP contribution < -0.4 is 14.4 Å². The van der Waals surface area contributed by atoms with E-state index in [4.69, 9.17) is 9.47 Å². The van der Waals surface area contributed by atoms with Crippen LogP contribution in [0.3, 0.4) is 0 Å². The number of carbonyl (C=O) groups is 2. The number of nitrogens with zero attached hydrogens (tertiary/aromatic N) is 2.